The molecule has 0 spiro atoms. The summed E-state index contributed by atoms with van der Waals surface area (Å²) in [4.78, 5) is 23.2. The average Bonchev–Trinajstić information content (AvgIpc) is 2.35. The Morgan fingerprint density at radius 3 is 2.50 bits per heavy atom. The van der Waals surface area contributed by atoms with Crippen molar-refractivity contribution in [2.45, 2.75) is 50.7 Å². The normalized spacial score (nSPS) is 12.1. The number of thioether (sulfide) groups is 1. The number of anilines is 2. The molecular weight excluding hydrogens is 276 g/mol. The number of carbonyl (C=O) groups excluding carboxylic acids is 1. The van der Waals surface area contributed by atoms with Crippen LogP contribution in [0.2, 0.25) is 0 Å². The summed E-state index contributed by atoms with van der Waals surface area (Å²) in [6, 6.07) is 0.183. The van der Waals surface area contributed by atoms with E-state index in [-0.39, 0.29) is 29.6 Å². The van der Waals surface area contributed by atoms with Gasteiger partial charge >= 0.3 is 0 Å². The number of unbranched alkanes of at least 4 members (excludes halogenated alkanes) is 2. The summed E-state index contributed by atoms with van der Waals surface area (Å²) in [5, 5.41) is 3.31. The van der Waals surface area contributed by atoms with Gasteiger partial charge in [0.25, 0.3) is 0 Å². The highest BCUT2D eigenvalue weighted by Gasteiger charge is 2.09. The first-order chi connectivity index (χ1) is 9.51. The van der Waals surface area contributed by atoms with E-state index in [1.807, 2.05) is 6.92 Å². The number of rotatable bonds is 8. The zero-order valence-corrected chi connectivity index (χ0v) is 12.7. The first kappa shape index (κ1) is 16.5. The largest absolute Gasteiger partial charge is 0.368 e. The molecule has 0 bridgehead atoms. The Kier molecular flexibility index (Phi) is 7.06. The molecular formula is C12H22N6OS. The van der Waals surface area contributed by atoms with Crippen molar-refractivity contribution in [3.05, 3.63) is 0 Å². The van der Waals surface area contributed by atoms with Crippen LogP contribution in [0.3, 0.4) is 0 Å². The Morgan fingerprint density at radius 2 is 1.90 bits per heavy atom. The van der Waals surface area contributed by atoms with Crippen LogP contribution >= 0.6 is 11.8 Å². The Labute approximate surface area is 123 Å². The minimum Gasteiger partial charge on any atom is -0.368 e. The molecule has 0 fully saturated rings. The summed E-state index contributed by atoms with van der Waals surface area (Å²) >= 11 is 1.19. The summed E-state index contributed by atoms with van der Waals surface area (Å²) in [7, 11) is 0. The Bertz CT molecular complexity index is 422. The van der Waals surface area contributed by atoms with E-state index in [4.69, 9.17) is 11.5 Å². The molecule has 0 aliphatic rings. The topological polar surface area (TPSA) is 120 Å². The number of nitrogens with one attached hydrogen (secondary N) is 1. The maximum absolute atomic E-state index is 11.8. The second kappa shape index (κ2) is 8.57. The molecule has 0 saturated heterocycles. The van der Waals surface area contributed by atoms with Crippen LogP contribution in [-0.2, 0) is 4.79 Å². The van der Waals surface area contributed by atoms with Gasteiger partial charge in [-0.25, -0.2) is 0 Å². The summed E-state index contributed by atoms with van der Waals surface area (Å²) in [6.45, 7) is 4.17. The van der Waals surface area contributed by atoms with Crippen molar-refractivity contribution in [3.8, 4) is 0 Å². The number of carbonyl (C=O) groups is 1. The van der Waals surface area contributed by atoms with E-state index >= 15 is 0 Å². The molecule has 8 heteroatoms. The molecule has 20 heavy (non-hydrogen) atoms. The van der Waals surface area contributed by atoms with Crippen molar-refractivity contribution in [2.75, 3.05) is 17.2 Å². The molecule has 1 atom stereocenters. The van der Waals surface area contributed by atoms with Crippen molar-refractivity contribution in [3.63, 3.8) is 0 Å². The number of hydrogen-bond acceptors (Lipinski definition) is 7. The number of nitrogens with two attached hydrogens (primary N) is 2. The number of amides is 1. The third kappa shape index (κ3) is 6.55. The molecule has 0 saturated carbocycles. The molecule has 0 unspecified atom stereocenters. The van der Waals surface area contributed by atoms with Crippen molar-refractivity contribution < 1.29 is 4.79 Å². The minimum absolute atomic E-state index is 0.0449. The van der Waals surface area contributed by atoms with Gasteiger partial charge in [-0.05, 0) is 13.3 Å². The highest BCUT2D eigenvalue weighted by molar-refractivity contribution is 7.99. The predicted molar refractivity (Wildman–Crippen MR) is 81.1 cm³/mol. The van der Waals surface area contributed by atoms with Crippen molar-refractivity contribution in [1.29, 1.82) is 0 Å². The average molecular weight is 298 g/mol. The van der Waals surface area contributed by atoms with E-state index < -0.39 is 0 Å². The minimum atomic E-state index is -0.0449. The molecule has 1 rings (SSSR count). The summed E-state index contributed by atoms with van der Waals surface area (Å²) in [5.74, 6) is 0.319. The second-order valence-electron chi connectivity index (χ2n) is 4.59. The fourth-order valence-electron chi connectivity index (χ4n) is 1.67. The van der Waals surface area contributed by atoms with Crippen LogP contribution in [0.4, 0.5) is 11.9 Å². The third-order valence-corrected chi connectivity index (χ3v) is 3.48. The lowest BCUT2D eigenvalue weighted by Gasteiger charge is -2.13. The molecule has 7 nitrogen and oxygen atoms in total. The monoisotopic (exact) mass is 298 g/mol. The molecule has 0 aromatic carbocycles. The summed E-state index contributed by atoms with van der Waals surface area (Å²) in [6.07, 6.45) is 4.50. The Hall–Kier alpha value is -1.57. The predicted octanol–water partition coefficient (Wildman–Crippen LogP) is 1.21. The summed E-state index contributed by atoms with van der Waals surface area (Å²) < 4.78 is 0. The fraction of sp³-hybridized carbons (Fsp3) is 0.667. The van der Waals surface area contributed by atoms with E-state index in [2.05, 4.69) is 27.2 Å². The quantitative estimate of drug-likeness (QED) is 0.487. The van der Waals surface area contributed by atoms with Crippen LogP contribution in [0.25, 0.3) is 0 Å². The zero-order chi connectivity index (χ0) is 15.0. The summed E-state index contributed by atoms with van der Waals surface area (Å²) in [5.41, 5.74) is 10.9. The Balaban J connectivity index is 2.32. The highest BCUT2D eigenvalue weighted by atomic mass is 32.2. The molecule has 0 aliphatic heterocycles. The highest BCUT2D eigenvalue weighted by Crippen LogP contribution is 2.14. The van der Waals surface area contributed by atoms with E-state index in [1.54, 1.807) is 0 Å². The van der Waals surface area contributed by atoms with Gasteiger partial charge in [0.2, 0.25) is 17.8 Å². The van der Waals surface area contributed by atoms with E-state index in [0.29, 0.717) is 5.16 Å². The van der Waals surface area contributed by atoms with Crippen molar-refractivity contribution in [1.82, 2.24) is 20.3 Å². The van der Waals surface area contributed by atoms with E-state index in [9.17, 15) is 4.79 Å². The van der Waals surface area contributed by atoms with Gasteiger partial charge < -0.3 is 16.8 Å². The van der Waals surface area contributed by atoms with Crippen LogP contribution in [-0.4, -0.2) is 32.7 Å². The van der Waals surface area contributed by atoms with Gasteiger partial charge in [-0.15, -0.1) is 0 Å². The molecule has 0 radical (unpaired) electrons. The maximum Gasteiger partial charge on any atom is 0.230 e. The molecule has 0 aliphatic carbocycles. The van der Waals surface area contributed by atoms with Gasteiger partial charge in [0.15, 0.2) is 5.16 Å². The number of nitrogen functional groups attached to an aromatic ring is 2. The fourth-order valence-corrected chi connectivity index (χ4v) is 2.33. The molecule has 112 valence electrons. The van der Waals surface area contributed by atoms with Crippen molar-refractivity contribution in [2.24, 2.45) is 0 Å². The van der Waals surface area contributed by atoms with Gasteiger partial charge in [0.1, 0.15) is 0 Å². The molecule has 1 aromatic rings. The molecule has 1 aromatic heterocycles. The lowest BCUT2D eigenvalue weighted by atomic mass is 10.1. The van der Waals surface area contributed by atoms with Gasteiger partial charge in [-0.3, -0.25) is 4.79 Å². The SMILES string of the molecule is CCCCC[C@H](C)NC(=O)CSc1nc(N)nc(N)n1. The lowest BCUT2D eigenvalue weighted by molar-refractivity contribution is -0.119. The van der Waals surface area contributed by atoms with Crippen LogP contribution in [0.15, 0.2) is 5.16 Å². The van der Waals surface area contributed by atoms with Crippen LogP contribution in [0.1, 0.15) is 39.5 Å². The van der Waals surface area contributed by atoms with Gasteiger partial charge in [-0.2, -0.15) is 15.0 Å². The second-order valence-corrected chi connectivity index (χ2v) is 5.53. The van der Waals surface area contributed by atoms with Crippen LogP contribution in [0.5, 0.6) is 0 Å². The Morgan fingerprint density at radius 1 is 1.25 bits per heavy atom. The lowest BCUT2D eigenvalue weighted by Crippen LogP contribution is -2.33. The van der Waals surface area contributed by atoms with E-state index in [1.165, 1.54) is 24.6 Å². The number of nitrogens with zero attached hydrogens (tertiary/aromatic N) is 3. The standard InChI is InChI=1S/C12H22N6OS/c1-3-4-5-6-8(2)15-9(19)7-20-12-17-10(13)16-11(14)18-12/h8H,3-7H2,1-2H3,(H,15,19)(H4,13,14,16,17,18)/t8-/m0/s1. The van der Waals surface area contributed by atoms with Gasteiger partial charge in [-0.1, -0.05) is 37.9 Å². The third-order valence-electron chi connectivity index (χ3n) is 2.63. The van der Waals surface area contributed by atoms with Crippen molar-refractivity contribution >= 4 is 29.6 Å². The van der Waals surface area contributed by atoms with Gasteiger partial charge in [0, 0.05) is 6.04 Å². The first-order valence-corrected chi connectivity index (χ1v) is 7.69. The number of hydrogen-bond donors (Lipinski definition) is 3. The molecule has 5 N–H and O–H groups in total. The first-order valence-electron chi connectivity index (χ1n) is 6.70. The molecule has 1 amide bonds. The van der Waals surface area contributed by atoms with Crippen LogP contribution < -0.4 is 16.8 Å². The zero-order valence-electron chi connectivity index (χ0n) is 11.9. The van der Waals surface area contributed by atoms with Gasteiger partial charge in [0.05, 0.1) is 5.75 Å². The van der Waals surface area contributed by atoms with Crippen LogP contribution in [0, 0.1) is 0 Å². The van der Waals surface area contributed by atoms with E-state index in [0.717, 1.165) is 12.8 Å². The maximum atomic E-state index is 11.8. The number of aromatic nitrogens is 3. The molecule has 1 heterocycles. The smallest absolute Gasteiger partial charge is 0.230 e.